The van der Waals surface area contributed by atoms with Gasteiger partial charge < -0.3 is 0 Å². The van der Waals surface area contributed by atoms with Gasteiger partial charge in [-0.2, -0.15) is 0 Å². The predicted molar refractivity (Wildman–Crippen MR) is 169 cm³/mol. The van der Waals surface area contributed by atoms with Gasteiger partial charge in [0.05, 0.1) is 5.52 Å². The number of aromatic nitrogens is 3. The Balaban J connectivity index is 1.28. The van der Waals surface area contributed by atoms with Gasteiger partial charge in [-0.05, 0) is 58.7 Å². The summed E-state index contributed by atoms with van der Waals surface area (Å²) in [6.07, 6.45) is 1.92. The molecule has 5 aromatic carbocycles. The van der Waals surface area contributed by atoms with Crippen molar-refractivity contribution in [1.82, 2.24) is 14.4 Å². The minimum atomic E-state index is 0.769. The van der Waals surface area contributed by atoms with Crippen molar-refractivity contribution in [1.29, 1.82) is 0 Å². The molecule has 0 bridgehead atoms. The van der Waals surface area contributed by atoms with Crippen molar-refractivity contribution >= 4 is 70.0 Å². The molecule has 40 heavy (non-hydrogen) atoms. The van der Waals surface area contributed by atoms with Crippen molar-refractivity contribution in [2.45, 2.75) is 0 Å². The second-order valence-corrected chi connectivity index (χ2v) is 11.4. The lowest BCUT2D eigenvalue weighted by molar-refractivity contribution is 1.30. The molecule has 4 aromatic heterocycles. The molecule has 4 heteroatoms. The van der Waals surface area contributed by atoms with Gasteiger partial charge in [0.25, 0.3) is 0 Å². The second-order valence-electron chi connectivity index (χ2n) is 10.3. The van der Waals surface area contributed by atoms with E-state index in [1.54, 1.807) is 0 Å². The highest BCUT2D eigenvalue weighted by Gasteiger charge is 2.16. The number of hydrogen-bond donors (Lipinski definition) is 0. The quantitative estimate of drug-likeness (QED) is 0.224. The first-order valence-corrected chi connectivity index (χ1v) is 14.2. The summed E-state index contributed by atoms with van der Waals surface area (Å²) in [5, 5.41) is 6.12. The van der Waals surface area contributed by atoms with E-state index in [0.717, 1.165) is 33.1 Å². The standard InChI is InChI=1S/C36H21N3S/c1-2-11-26-25(8-1)21-37-36-35(26)39-31-14-5-3-12-27(31)29(20-34(39)38-36)24-10-7-9-22(18-24)23-16-17-33-30(19-23)28-13-4-6-15-32(28)40-33/h1-21H. The summed E-state index contributed by atoms with van der Waals surface area (Å²) in [7, 11) is 0. The minimum Gasteiger partial charge on any atom is -0.290 e. The topological polar surface area (TPSA) is 30.2 Å². The van der Waals surface area contributed by atoms with Crippen molar-refractivity contribution < 1.29 is 0 Å². The van der Waals surface area contributed by atoms with E-state index in [0.29, 0.717) is 0 Å². The Morgan fingerprint density at radius 2 is 1.30 bits per heavy atom. The van der Waals surface area contributed by atoms with Crippen LogP contribution in [-0.4, -0.2) is 14.4 Å². The highest BCUT2D eigenvalue weighted by molar-refractivity contribution is 7.25. The van der Waals surface area contributed by atoms with Crippen LogP contribution < -0.4 is 0 Å². The summed E-state index contributed by atoms with van der Waals surface area (Å²) in [6.45, 7) is 0. The molecule has 0 aliphatic rings. The molecule has 3 nitrogen and oxygen atoms in total. The van der Waals surface area contributed by atoms with E-state index in [9.17, 15) is 0 Å². The fourth-order valence-electron chi connectivity index (χ4n) is 6.17. The number of nitrogens with zero attached hydrogens (tertiary/aromatic N) is 3. The highest BCUT2D eigenvalue weighted by Crippen LogP contribution is 2.38. The van der Waals surface area contributed by atoms with Crippen LogP contribution in [0.15, 0.2) is 128 Å². The first kappa shape index (κ1) is 21.8. The van der Waals surface area contributed by atoms with Crippen LogP contribution in [0.1, 0.15) is 0 Å². The van der Waals surface area contributed by atoms with Crippen LogP contribution in [0.25, 0.3) is 80.9 Å². The van der Waals surface area contributed by atoms with Gasteiger partial charge in [-0.15, -0.1) is 11.3 Å². The molecule has 0 aliphatic heterocycles. The fraction of sp³-hybridized carbons (Fsp3) is 0. The van der Waals surface area contributed by atoms with E-state index >= 15 is 0 Å². The van der Waals surface area contributed by atoms with E-state index in [1.807, 2.05) is 17.5 Å². The van der Waals surface area contributed by atoms with Gasteiger partial charge in [0.2, 0.25) is 0 Å². The van der Waals surface area contributed by atoms with E-state index in [4.69, 9.17) is 9.97 Å². The molecule has 9 rings (SSSR count). The van der Waals surface area contributed by atoms with Gasteiger partial charge in [0.15, 0.2) is 5.65 Å². The lowest BCUT2D eigenvalue weighted by Crippen LogP contribution is -1.92. The molecular weight excluding hydrogens is 506 g/mol. The third-order valence-electron chi connectivity index (χ3n) is 8.02. The van der Waals surface area contributed by atoms with Crippen LogP contribution in [0.4, 0.5) is 0 Å². The third-order valence-corrected chi connectivity index (χ3v) is 9.17. The Kier molecular flexibility index (Phi) is 4.48. The number of hydrogen-bond acceptors (Lipinski definition) is 3. The zero-order chi connectivity index (χ0) is 26.2. The first-order chi connectivity index (χ1) is 19.8. The van der Waals surface area contributed by atoms with Crippen LogP contribution in [0, 0.1) is 0 Å². The Labute approximate surface area is 233 Å². The van der Waals surface area contributed by atoms with Gasteiger partial charge in [-0.3, -0.25) is 4.40 Å². The molecule has 0 saturated carbocycles. The lowest BCUT2D eigenvalue weighted by atomic mass is 9.96. The predicted octanol–water partition coefficient (Wildman–Crippen LogP) is 9.89. The maximum atomic E-state index is 4.99. The van der Waals surface area contributed by atoms with Crippen molar-refractivity contribution in [2.24, 2.45) is 0 Å². The summed E-state index contributed by atoms with van der Waals surface area (Å²) in [5.74, 6) is 0. The van der Waals surface area contributed by atoms with Gasteiger partial charge in [-0.25, -0.2) is 9.97 Å². The van der Waals surface area contributed by atoms with Gasteiger partial charge in [0.1, 0.15) is 11.2 Å². The summed E-state index contributed by atoms with van der Waals surface area (Å²) < 4.78 is 4.92. The van der Waals surface area contributed by atoms with Crippen LogP contribution in [-0.2, 0) is 0 Å². The molecule has 0 fully saturated rings. The summed E-state index contributed by atoms with van der Waals surface area (Å²) in [6, 6.07) is 43.7. The maximum Gasteiger partial charge on any atom is 0.179 e. The van der Waals surface area contributed by atoms with E-state index in [2.05, 4.69) is 126 Å². The van der Waals surface area contributed by atoms with Crippen LogP contribution in [0.2, 0.25) is 0 Å². The molecular formula is C36H21N3S. The largest absolute Gasteiger partial charge is 0.290 e. The van der Waals surface area contributed by atoms with Gasteiger partial charge in [0, 0.05) is 42.5 Å². The Morgan fingerprint density at radius 1 is 0.550 bits per heavy atom. The Hall–Kier alpha value is -5.06. The smallest absolute Gasteiger partial charge is 0.179 e. The average Bonchev–Trinajstić information content (AvgIpc) is 3.59. The maximum absolute atomic E-state index is 4.99. The average molecular weight is 528 g/mol. The normalized spacial score (nSPS) is 12.0. The van der Waals surface area contributed by atoms with Crippen molar-refractivity contribution in [3.63, 3.8) is 0 Å². The number of para-hydroxylation sites is 1. The monoisotopic (exact) mass is 527 g/mol. The lowest BCUT2D eigenvalue weighted by Gasteiger charge is -2.12. The molecule has 9 aromatic rings. The van der Waals surface area contributed by atoms with Crippen molar-refractivity contribution in [3.05, 3.63) is 128 Å². The molecule has 0 atom stereocenters. The zero-order valence-electron chi connectivity index (χ0n) is 21.4. The SMILES string of the molecule is c1cc(-c2ccc3sc4ccccc4c3c2)cc(-c2cc3nc4ncc5ccccc5c4n3c3ccccc23)c1. The summed E-state index contributed by atoms with van der Waals surface area (Å²) >= 11 is 1.86. The van der Waals surface area contributed by atoms with Crippen LogP contribution in [0.3, 0.4) is 0 Å². The second kappa shape index (κ2) is 8.22. The molecule has 0 aliphatic carbocycles. The molecule has 0 unspecified atom stereocenters. The van der Waals surface area contributed by atoms with Crippen LogP contribution >= 0.6 is 11.3 Å². The minimum absolute atomic E-state index is 0.769. The fourth-order valence-corrected chi connectivity index (χ4v) is 7.25. The van der Waals surface area contributed by atoms with Gasteiger partial charge >= 0.3 is 0 Å². The van der Waals surface area contributed by atoms with Crippen LogP contribution in [0.5, 0.6) is 0 Å². The molecule has 186 valence electrons. The molecule has 0 spiro atoms. The third kappa shape index (κ3) is 3.11. The first-order valence-electron chi connectivity index (χ1n) is 13.4. The van der Waals surface area contributed by atoms with Gasteiger partial charge in [-0.1, -0.05) is 84.9 Å². The summed E-state index contributed by atoms with van der Waals surface area (Å²) in [5.41, 5.74) is 8.65. The van der Waals surface area contributed by atoms with E-state index in [1.165, 1.54) is 47.8 Å². The summed E-state index contributed by atoms with van der Waals surface area (Å²) in [4.78, 5) is 9.71. The number of pyridine rings is 2. The number of thiophene rings is 1. The van der Waals surface area contributed by atoms with E-state index < -0.39 is 0 Å². The van der Waals surface area contributed by atoms with Crippen molar-refractivity contribution in [3.8, 4) is 22.3 Å². The zero-order valence-corrected chi connectivity index (χ0v) is 22.2. The Bertz CT molecular complexity index is 2450. The molecule has 0 N–H and O–H groups in total. The molecule has 0 radical (unpaired) electrons. The number of rotatable bonds is 2. The Morgan fingerprint density at radius 3 is 2.25 bits per heavy atom. The number of fused-ring (bicyclic) bond motifs is 10. The van der Waals surface area contributed by atoms with E-state index in [-0.39, 0.29) is 0 Å². The molecule has 4 heterocycles. The number of imidazole rings is 1. The highest BCUT2D eigenvalue weighted by atomic mass is 32.1. The van der Waals surface area contributed by atoms with Crippen molar-refractivity contribution in [2.75, 3.05) is 0 Å². The molecule has 0 saturated heterocycles. The molecule has 0 amide bonds. The number of benzene rings is 5.